The van der Waals surface area contributed by atoms with E-state index in [1.165, 1.54) is 100 Å². The Hall–Kier alpha value is -3.18. The van der Waals surface area contributed by atoms with Crippen molar-refractivity contribution in [3.8, 4) is 34.0 Å². The SMILES string of the molecule is CCCCCCCCc1cnc(-c2ccc(OCCCCCCCCCCCOc3ccc(-c4ccc(Br)cc4)cc3)cc2)nc1. The lowest BCUT2D eigenvalue weighted by atomic mass is 10.1. The second kappa shape index (κ2) is 21.6. The Kier molecular flexibility index (Phi) is 16.7. The quantitative estimate of drug-likeness (QED) is 0.0729. The Bertz CT molecular complexity index is 1340. The summed E-state index contributed by atoms with van der Waals surface area (Å²) in [4.78, 5) is 9.22. The highest BCUT2D eigenvalue weighted by atomic mass is 79.9. The molecule has 0 atom stereocenters. The lowest BCUT2D eigenvalue weighted by Gasteiger charge is -2.08. The van der Waals surface area contributed by atoms with Crippen LogP contribution in [0.5, 0.6) is 11.5 Å². The Morgan fingerprint density at radius 3 is 1.39 bits per heavy atom. The van der Waals surface area contributed by atoms with Gasteiger partial charge in [-0.3, -0.25) is 0 Å². The maximum Gasteiger partial charge on any atom is 0.159 e. The number of halogens is 1. The van der Waals surface area contributed by atoms with Crippen LogP contribution in [-0.4, -0.2) is 23.2 Å². The molecule has 0 saturated heterocycles. The number of aromatic nitrogens is 2. The van der Waals surface area contributed by atoms with E-state index in [4.69, 9.17) is 9.47 Å². The van der Waals surface area contributed by atoms with Crippen LogP contribution in [0.4, 0.5) is 0 Å². The number of nitrogens with zero attached hydrogens (tertiary/aromatic N) is 2. The molecule has 4 aromatic rings. The third-order valence-corrected chi connectivity index (χ3v) is 9.02. The van der Waals surface area contributed by atoms with Crippen LogP contribution in [0.1, 0.15) is 109 Å². The molecule has 1 heterocycles. The molecule has 0 N–H and O–H groups in total. The fourth-order valence-corrected chi connectivity index (χ4v) is 5.91. The molecule has 0 aliphatic carbocycles. The van der Waals surface area contributed by atoms with Gasteiger partial charge in [-0.25, -0.2) is 9.97 Å². The molecule has 0 saturated carbocycles. The van der Waals surface area contributed by atoms with Gasteiger partial charge in [-0.2, -0.15) is 0 Å². The van der Waals surface area contributed by atoms with Crippen molar-refractivity contribution in [2.45, 2.75) is 110 Å². The number of hydrogen-bond donors (Lipinski definition) is 0. The first-order valence-electron chi connectivity index (χ1n) is 17.7. The summed E-state index contributed by atoms with van der Waals surface area (Å²) in [7, 11) is 0. The van der Waals surface area contributed by atoms with Gasteiger partial charge in [0.15, 0.2) is 5.82 Å². The van der Waals surface area contributed by atoms with Crippen LogP contribution in [0.15, 0.2) is 89.7 Å². The number of benzene rings is 3. The molecule has 0 aliphatic heterocycles. The van der Waals surface area contributed by atoms with Gasteiger partial charge in [0, 0.05) is 22.4 Å². The van der Waals surface area contributed by atoms with Gasteiger partial charge in [-0.15, -0.1) is 0 Å². The van der Waals surface area contributed by atoms with Crippen LogP contribution in [0, 0.1) is 0 Å². The van der Waals surface area contributed by atoms with Crippen LogP contribution in [0.3, 0.4) is 0 Å². The van der Waals surface area contributed by atoms with Gasteiger partial charge in [-0.05, 0) is 90.9 Å². The summed E-state index contributed by atoms with van der Waals surface area (Å²) in [5.74, 6) is 2.66. The van der Waals surface area contributed by atoms with Crippen molar-refractivity contribution in [2.75, 3.05) is 13.2 Å². The largest absolute Gasteiger partial charge is 0.494 e. The summed E-state index contributed by atoms with van der Waals surface area (Å²) < 4.78 is 13.0. The van der Waals surface area contributed by atoms with E-state index in [0.717, 1.165) is 59.8 Å². The molecule has 0 radical (unpaired) electrons. The topological polar surface area (TPSA) is 44.2 Å². The zero-order chi connectivity index (χ0) is 32.1. The standard InChI is InChI=1S/C41H53BrN2O2/c1-2-3-4-5-11-14-17-34-32-43-41(44-33-34)37-22-28-40(29-23-37)46-31-16-13-10-8-6-7-9-12-15-30-45-39-26-20-36(21-27-39)35-18-24-38(42)25-19-35/h18-29,32-33H,2-17,30-31H2,1H3. The van der Waals surface area contributed by atoms with Gasteiger partial charge >= 0.3 is 0 Å². The molecule has 1 aromatic heterocycles. The second-order valence-corrected chi connectivity index (χ2v) is 13.3. The fraction of sp³-hybridized carbons (Fsp3) is 0.463. The maximum absolute atomic E-state index is 5.99. The zero-order valence-corrected chi connectivity index (χ0v) is 29.5. The number of ether oxygens (including phenoxy) is 2. The molecule has 0 bridgehead atoms. The normalized spacial score (nSPS) is 11.1. The van der Waals surface area contributed by atoms with Crippen molar-refractivity contribution in [3.63, 3.8) is 0 Å². The molecular weight excluding hydrogens is 632 g/mol. The first kappa shape index (κ1) is 35.7. The Morgan fingerprint density at radius 1 is 0.478 bits per heavy atom. The Morgan fingerprint density at radius 2 is 0.891 bits per heavy atom. The monoisotopic (exact) mass is 684 g/mol. The van der Waals surface area contributed by atoms with E-state index >= 15 is 0 Å². The van der Waals surface area contributed by atoms with Crippen molar-refractivity contribution in [1.29, 1.82) is 0 Å². The van der Waals surface area contributed by atoms with Gasteiger partial charge in [0.25, 0.3) is 0 Å². The van der Waals surface area contributed by atoms with E-state index in [1.54, 1.807) is 0 Å². The van der Waals surface area contributed by atoms with E-state index in [-0.39, 0.29) is 0 Å². The van der Waals surface area contributed by atoms with Crippen LogP contribution < -0.4 is 9.47 Å². The van der Waals surface area contributed by atoms with E-state index < -0.39 is 0 Å². The van der Waals surface area contributed by atoms with E-state index in [1.807, 2.05) is 24.5 Å². The maximum atomic E-state index is 5.99. The van der Waals surface area contributed by atoms with Gasteiger partial charge in [0.2, 0.25) is 0 Å². The summed E-state index contributed by atoms with van der Waals surface area (Å²) >= 11 is 3.49. The lowest BCUT2D eigenvalue weighted by molar-refractivity contribution is 0.302. The summed E-state index contributed by atoms with van der Waals surface area (Å²) in [6.45, 7) is 3.83. The first-order valence-corrected chi connectivity index (χ1v) is 18.5. The molecule has 3 aromatic carbocycles. The Labute approximate surface area is 286 Å². The molecule has 0 amide bonds. The molecule has 5 heteroatoms. The molecule has 0 unspecified atom stereocenters. The second-order valence-electron chi connectivity index (χ2n) is 12.4. The summed E-state index contributed by atoms with van der Waals surface area (Å²) in [5, 5.41) is 0. The zero-order valence-electron chi connectivity index (χ0n) is 27.9. The minimum Gasteiger partial charge on any atom is -0.494 e. The predicted octanol–water partition coefficient (Wildman–Crippen LogP) is 12.4. The van der Waals surface area contributed by atoms with Crippen molar-refractivity contribution in [1.82, 2.24) is 9.97 Å². The highest BCUT2D eigenvalue weighted by Gasteiger charge is 2.04. The summed E-state index contributed by atoms with van der Waals surface area (Å²) in [5.41, 5.74) is 4.70. The average molecular weight is 686 g/mol. The summed E-state index contributed by atoms with van der Waals surface area (Å²) in [6.07, 6.45) is 24.1. The van der Waals surface area contributed by atoms with E-state index in [9.17, 15) is 0 Å². The first-order chi connectivity index (χ1) is 22.7. The van der Waals surface area contributed by atoms with Crippen molar-refractivity contribution < 1.29 is 9.47 Å². The third kappa shape index (κ3) is 13.7. The highest BCUT2D eigenvalue weighted by molar-refractivity contribution is 9.10. The number of aryl methyl sites for hydroxylation is 1. The van der Waals surface area contributed by atoms with Crippen molar-refractivity contribution in [2.24, 2.45) is 0 Å². The summed E-state index contributed by atoms with van der Waals surface area (Å²) in [6, 6.07) is 25.0. The Balaban J connectivity index is 0.959. The number of hydrogen-bond acceptors (Lipinski definition) is 4. The fourth-order valence-electron chi connectivity index (χ4n) is 5.65. The van der Waals surface area contributed by atoms with Crippen LogP contribution in [0.25, 0.3) is 22.5 Å². The molecular formula is C41H53BrN2O2. The molecule has 246 valence electrons. The number of rotatable bonds is 23. The van der Waals surface area contributed by atoms with Gasteiger partial charge in [0.05, 0.1) is 13.2 Å². The molecule has 46 heavy (non-hydrogen) atoms. The molecule has 0 fully saturated rings. The highest BCUT2D eigenvalue weighted by Crippen LogP contribution is 2.24. The van der Waals surface area contributed by atoms with Gasteiger partial charge in [0.1, 0.15) is 11.5 Å². The minimum atomic E-state index is 0.774. The third-order valence-electron chi connectivity index (χ3n) is 8.49. The minimum absolute atomic E-state index is 0.774. The van der Waals surface area contributed by atoms with E-state index in [0.29, 0.717) is 0 Å². The van der Waals surface area contributed by atoms with Crippen LogP contribution in [0.2, 0.25) is 0 Å². The van der Waals surface area contributed by atoms with E-state index in [2.05, 4.69) is 93.5 Å². The lowest BCUT2D eigenvalue weighted by Crippen LogP contribution is -1.98. The van der Waals surface area contributed by atoms with Crippen molar-refractivity contribution >= 4 is 15.9 Å². The smallest absolute Gasteiger partial charge is 0.159 e. The predicted molar refractivity (Wildman–Crippen MR) is 197 cm³/mol. The van der Waals surface area contributed by atoms with Crippen molar-refractivity contribution in [3.05, 3.63) is 95.2 Å². The van der Waals surface area contributed by atoms with Gasteiger partial charge in [-0.1, -0.05) is 124 Å². The van der Waals surface area contributed by atoms with Crippen LogP contribution in [-0.2, 0) is 6.42 Å². The molecule has 4 rings (SSSR count). The van der Waals surface area contributed by atoms with Gasteiger partial charge < -0.3 is 9.47 Å². The molecule has 0 aliphatic rings. The van der Waals surface area contributed by atoms with Crippen LogP contribution >= 0.6 is 15.9 Å². The molecule has 0 spiro atoms. The molecule has 4 nitrogen and oxygen atoms in total. The average Bonchev–Trinajstić information content (AvgIpc) is 3.09. The number of unbranched alkanes of at least 4 members (excludes halogenated alkanes) is 13.